The first-order valence-electron chi connectivity index (χ1n) is 9.33. The van der Waals surface area contributed by atoms with Crippen molar-refractivity contribution in [3.63, 3.8) is 0 Å². The maximum atomic E-state index is 13.0. The third kappa shape index (κ3) is 5.44. The maximum Gasteiger partial charge on any atom is 0.255 e. The van der Waals surface area contributed by atoms with E-state index in [9.17, 15) is 13.2 Å². The summed E-state index contributed by atoms with van der Waals surface area (Å²) in [7, 11) is -3.74. The summed E-state index contributed by atoms with van der Waals surface area (Å²) in [6.45, 7) is 4.89. The van der Waals surface area contributed by atoms with Gasteiger partial charge in [-0.05, 0) is 50.2 Å². The molecule has 1 amide bonds. The molecule has 2 aromatic rings. The average Bonchev–Trinajstić information content (AvgIpc) is 2.68. The molecule has 1 aliphatic rings. The molecule has 162 valence electrons. The Balaban J connectivity index is 1.96. The number of nitrogens with one attached hydrogen (secondary N) is 1. The third-order valence-corrected chi connectivity index (χ3v) is 6.63. The van der Waals surface area contributed by atoms with Crippen molar-refractivity contribution >= 4 is 44.8 Å². The van der Waals surface area contributed by atoms with Gasteiger partial charge in [-0.25, -0.2) is 8.42 Å². The van der Waals surface area contributed by atoms with Crippen LogP contribution in [-0.2, 0) is 14.8 Å². The quantitative estimate of drug-likeness (QED) is 0.684. The van der Waals surface area contributed by atoms with E-state index in [1.165, 1.54) is 40.7 Å². The number of carbonyl (C=O) groups is 1. The number of morpholine rings is 1. The topological polar surface area (TPSA) is 84.9 Å². The highest BCUT2D eigenvalue weighted by atomic mass is 35.5. The van der Waals surface area contributed by atoms with Crippen molar-refractivity contribution in [2.45, 2.75) is 24.8 Å². The van der Waals surface area contributed by atoms with E-state index in [2.05, 4.69) is 5.32 Å². The highest BCUT2D eigenvalue weighted by Gasteiger charge is 2.27. The summed E-state index contributed by atoms with van der Waals surface area (Å²) in [4.78, 5) is 12.8. The second kappa shape index (κ2) is 9.53. The lowest BCUT2D eigenvalue weighted by molar-refractivity contribution is 0.0730. The third-order valence-electron chi connectivity index (χ3n) is 4.29. The molecule has 7 nitrogen and oxygen atoms in total. The molecule has 30 heavy (non-hydrogen) atoms. The van der Waals surface area contributed by atoms with Crippen LogP contribution in [0.2, 0.25) is 10.0 Å². The molecular formula is C20H22Cl2N2O5S. The molecule has 3 rings (SSSR count). The predicted octanol–water partition coefficient (Wildman–Crippen LogP) is 4.05. The van der Waals surface area contributed by atoms with E-state index in [4.69, 9.17) is 32.7 Å². The second-order valence-corrected chi connectivity index (χ2v) is 9.76. The zero-order valence-electron chi connectivity index (χ0n) is 16.5. The van der Waals surface area contributed by atoms with Crippen LogP contribution in [0.3, 0.4) is 0 Å². The Labute approximate surface area is 185 Å². The molecule has 0 aliphatic carbocycles. The first-order valence-corrected chi connectivity index (χ1v) is 11.5. The molecule has 1 fully saturated rings. The zero-order valence-corrected chi connectivity index (χ0v) is 18.9. The molecule has 0 aromatic heterocycles. The Morgan fingerprint density at radius 1 is 1.10 bits per heavy atom. The number of hydrogen-bond acceptors (Lipinski definition) is 5. The van der Waals surface area contributed by atoms with Crippen LogP contribution in [0.15, 0.2) is 41.3 Å². The summed E-state index contributed by atoms with van der Waals surface area (Å²) in [5.41, 5.74) is 0.476. The predicted molar refractivity (Wildman–Crippen MR) is 116 cm³/mol. The van der Waals surface area contributed by atoms with Crippen molar-refractivity contribution in [3.05, 3.63) is 52.0 Å². The van der Waals surface area contributed by atoms with Gasteiger partial charge in [0.05, 0.1) is 29.9 Å². The number of anilines is 1. The van der Waals surface area contributed by atoms with Crippen molar-refractivity contribution in [1.29, 1.82) is 0 Å². The van der Waals surface area contributed by atoms with Gasteiger partial charge in [0.25, 0.3) is 5.91 Å². The number of sulfonamides is 1. The van der Waals surface area contributed by atoms with Crippen LogP contribution in [0, 0.1) is 0 Å². The first kappa shape index (κ1) is 22.8. The monoisotopic (exact) mass is 472 g/mol. The lowest BCUT2D eigenvalue weighted by Gasteiger charge is -2.26. The summed E-state index contributed by atoms with van der Waals surface area (Å²) in [6.07, 6.45) is -0.178. The SMILES string of the molecule is CC(C)Oc1ccc(S(=O)(=O)N2CCOCC2)cc1NC(=O)c1cc(Cl)cc(Cl)c1. The minimum Gasteiger partial charge on any atom is -0.489 e. The number of amides is 1. The van der Waals surface area contributed by atoms with Crippen molar-refractivity contribution < 1.29 is 22.7 Å². The standard InChI is InChI=1S/C20H22Cl2N2O5S/c1-13(2)29-19-4-3-17(30(26,27)24-5-7-28-8-6-24)12-18(19)23-20(25)14-9-15(21)11-16(22)10-14/h3-4,9-13H,5-8H2,1-2H3,(H,23,25). The molecule has 0 saturated carbocycles. The second-order valence-electron chi connectivity index (χ2n) is 6.95. The molecular weight excluding hydrogens is 451 g/mol. The number of hydrogen-bond donors (Lipinski definition) is 1. The molecule has 1 aliphatic heterocycles. The lowest BCUT2D eigenvalue weighted by Crippen LogP contribution is -2.40. The smallest absolute Gasteiger partial charge is 0.255 e. The van der Waals surface area contributed by atoms with E-state index < -0.39 is 15.9 Å². The van der Waals surface area contributed by atoms with Crippen molar-refractivity contribution in [3.8, 4) is 5.75 Å². The Morgan fingerprint density at radius 2 is 1.73 bits per heavy atom. The fraction of sp³-hybridized carbons (Fsp3) is 0.350. The van der Waals surface area contributed by atoms with Crippen molar-refractivity contribution in [1.82, 2.24) is 4.31 Å². The average molecular weight is 473 g/mol. The fourth-order valence-electron chi connectivity index (χ4n) is 2.94. The van der Waals surface area contributed by atoms with Crippen LogP contribution in [-0.4, -0.2) is 51.0 Å². The van der Waals surface area contributed by atoms with Crippen LogP contribution in [0.4, 0.5) is 5.69 Å². The molecule has 1 heterocycles. The molecule has 1 saturated heterocycles. The summed E-state index contributed by atoms with van der Waals surface area (Å²) in [5.74, 6) is -0.138. The summed E-state index contributed by atoms with van der Waals surface area (Å²) in [5, 5.41) is 3.34. The van der Waals surface area contributed by atoms with Crippen LogP contribution in [0.25, 0.3) is 0 Å². The number of carbonyl (C=O) groups excluding carboxylic acids is 1. The molecule has 0 spiro atoms. The van der Waals surface area contributed by atoms with Crippen LogP contribution < -0.4 is 10.1 Å². The summed E-state index contributed by atoms with van der Waals surface area (Å²) >= 11 is 12.0. The Hall–Kier alpha value is -1.84. The highest BCUT2D eigenvalue weighted by molar-refractivity contribution is 7.89. The fourth-order valence-corrected chi connectivity index (χ4v) is 4.90. The maximum absolute atomic E-state index is 13.0. The van der Waals surface area contributed by atoms with Gasteiger partial charge in [0, 0.05) is 28.7 Å². The summed E-state index contributed by atoms with van der Waals surface area (Å²) < 4.78 is 38.3. The van der Waals surface area contributed by atoms with Crippen LogP contribution >= 0.6 is 23.2 Å². The highest BCUT2D eigenvalue weighted by Crippen LogP contribution is 2.31. The van der Waals surface area contributed by atoms with Gasteiger partial charge < -0.3 is 14.8 Å². The van der Waals surface area contributed by atoms with E-state index in [0.29, 0.717) is 29.0 Å². The zero-order chi connectivity index (χ0) is 21.9. The van der Waals surface area contributed by atoms with Crippen LogP contribution in [0.5, 0.6) is 5.75 Å². The van der Waals surface area contributed by atoms with Gasteiger partial charge in [-0.3, -0.25) is 4.79 Å². The van der Waals surface area contributed by atoms with Crippen molar-refractivity contribution in [2.75, 3.05) is 31.6 Å². The molecule has 0 unspecified atom stereocenters. The Morgan fingerprint density at radius 3 is 2.33 bits per heavy atom. The molecule has 0 radical (unpaired) electrons. The van der Waals surface area contributed by atoms with Gasteiger partial charge in [-0.2, -0.15) is 4.31 Å². The summed E-state index contributed by atoms with van der Waals surface area (Å²) in [6, 6.07) is 8.86. The molecule has 10 heteroatoms. The van der Waals surface area contributed by atoms with Gasteiger partial charge >= 0.3 is 0 Å². The van der Waals surface area contributed by atoms with E-state index in [-0.39, 0.29) is 35.3 Å². The number of halogens is 2. The van der Waals surface area contributed by atoms with Crippen molar-refractivity contribution in [2.24, 2.45) is 0 Å². The molecule has 0 atom stereocenters. The van der Waals surface area contributed by atoms with Gasteiger partial charge in [0.2, 0.25) is 10.0 Å². The van der Waals surface area contributed by atoms with E-state index >= 15 is 0 Å². The van der Waals surface area contributed by atoms with Gasteiger partial charge in [-0.15, -0.1) is 0 Å². The number of benzene rings is 2. The first-order chi connectivity index (χ1) is 14.2. The van der Waals surface area contributed by atoms with Gasteiger partial charge in [-0.1, -0.05) is 23.2 Å². The van der Waals surface area contributed by atoms with Gasteiger partial charge in [0.15, 0.2) is 0 Å². The van der Waals surface area contributed by atoms with E-state index in [1.54, 1.807) is 0 Å². The van der Waals surface area contributed by atoms with Crippen LogP contribution in [0.1, 0.15) is 24.2 Å². The van der Waals surface area contributed by atoms with E-state index in [1.807, 2.05) is 13.8 Å². The number of rotatable bonds is 6. The normalized spacial score (nSPS) is 15.2. The minimum absolute atomic E-state index is 0.0555. The Bertz CT molecular complexity index is 1020. The number of ether oxygens (including phenoxy) is 2. The number of nitrogens with zero attached hydrogens (tertiary/aromatic N) is 1. The molecule has 0 bridgehead atoms. The Kier molecular flexibility index (Phi) is 7.26. The minimum atomic E-state index is -3.74. The molecule has 2 aromatic carbocycles. The lowest BCUT2D eigenvalue weighted by atomic mass is 10.2. The molecule has 1 N–H and O–H groups in total. The largest absolute Gasteiger partial charge is 0.489 e. The van der Waals surface area contributed by atoms with Gasteiger partial charge in [0.1, 0.15) is 5.75 Å². The van der Waals surface area contributed by atoms with E-state index in [0.717, 1.165) is 0 Å².